The van der Waals surface area contributed by atoms with Crippen LogP contribution < -0.4 is 5.32 Å². The third kappa shape index (κ3) is 2.59. The molecular weight excluding hydrogens is 204 g/mol. The smallest absolute Gasteiger partial charge is 0.236 e. The number of hydrogen-bond acceptors (Lipinski definition) is 3. The Morgan fingerprint density at radius 3 is 2.56 bits per heavy atom. The van der Waals surface area contributed by atoms with Gasteiger partial charge in [0.05, 0.1) is 13.2 Å². The van der Waals surface area contributed by atoms with E-state index in [9.17, 15) is 4.79 Å². The molecule has 0 aromatic heterocycles. The monoisotopic (exact) mass is 220 g/mol. The molecule has 0 atom stereocenters. The van der Waals surface area contributed by atoms with Gasteiger partial charge in [-0.05, 0) is 11.1 Å². The standard InChI is InChI=1S/C12H16N2O2/c15-9-11-3-1-10(2-4-11)8-14-6-5-13-7-12(14)16/h1-4,13,15H,5-9H2. The molecule has 1 aliphatic rings. The van der Waals surface area contributed by atoms with Crippen molar-refractivity contribution in [3.8, 4) is 0 Å². The first-order valence-corrected chi connectivity index (χ1v) is 5.47. The number of aliphatic hydroxyl groups excluding tert-OH is 1. The van der Waals surface area contributed by atoms with Crippen LogP contribution in [0.3, 0.4) is 0 Å². The van der Waals surface area contributed by atoms with Crippen molar-refractivity contribution in [1.29, 1.82) is 0 Å². The number of nitrogens with zero attached hydrogens (tertiary/aromatic N) is 1. The number of piperazine rings is 1. The summed E-state index contributed by atoms with van der Waals surface area (Å²) < 4.78 is 0. The third-order valence-corrected chi connectivity index (χ3v) is 2.77. The number of carbonyl (C=O) groups excluding carboxylic acids is 1. The average Bonchev–Trinajstić information content (AvgIpc) is 2.33. The maximum absolute atomic E-state index is 11.5. The quantitative estimate of drug-likeness (QED) is 0.760. The van der Waals surface area contributed by atoms with E-state index in [1.165, 1.54) is 0 Å². The molecule has 0 aliphatic carbocycles. The molecule has 1 heterocycles. The first kappa shape index (κ1) is 11.1. The molecule has 1 amide bonds. The molecule has 1 aromatic rings. The highest BCUT2D eigenvalue weighted by molar-refractivity contribution is 5.78. The first-order chi connectivity index (χ1) is 7.79. The van der Waals surface area contributed by atoms with Crippen LogP contribution in [-0.2, 0) is 17.9 Å². The molecule has 2 rings (SSSR count). The predicted octanol–water partition coefficient (Wildman–Crippen LogP) is 0.111. The van der Waals surface area contributed by atoms with Crippen LogP contribution >= 0.6 is 0 Å². The Balaban J connectivity index is 1.99. The molecule has 16 heavy (non-hydrogen) atoms. The van der Waals surface area contributed by atoms with Crippen LogP contribution in [0.5, 0.6) is 0 Å². The van der Waals surface area contributed by atoms with Crippen LogP contribution in [0, 0.1) is 0 Å². The Kier molecular flexibility index (Phi) is 3.54. The highest BCUT2D eigenvalue weighted by Crippen LogP contribution is 2.08. The molecule has 1 saturated heterocycles. The van der Waals surface area contributed by atoms with E-state index in [1.54, 1.807) is 0 Å². The maximum atomic E-state index is 11.5. The highest BCUT2D eigenvalue weighted by Gasteiger charge is 2.17. The van der Waals surface area contributed by atoms with Crippen LogP contribution in [0.2, 0.25) is 0 Å². The van der Waals surface area contributed by atoms with Gasteiger partial charge in [0, 0.05) is 19.6 Å². The maximum Gasteiger partial charge on any atom is 0.236 e. The van der Waals surface area contributed by atoms with E-state index in [0.717, 1.165) is 24.2 Å². The van der Waals surface area contributed by atoms with E-state index < -0.39 is 0 Å². The fraction of sp³-hybridized carbons (Fsp3) is 0.417. The zero-order valence-corrected chi connectivity index (χ0v) is 9.15. The Morgan fingerprint density at radius 2 is 1.94 bits per heavy atom. The molecule has 0 bridgehead atoms. The van der Waals surface area contributed by atoms with Crippen LogP contribution in [0.1, 0.15) is 11.1 Å². The van der Waals surface area contributed by atoms with Gasteiger partial charge in [0.2, 0.25) is 5.91 Å². The second kappa shape index (κ2) is 5.09. The third-order valence-electron chi connectivity index (χ3n) is 2.77. The van der Waals surface area contributed by atoms with Crippen LogP contribution in [0.25, 0.3) is 0 Å². The number of benzene rings is 1. The number of rotatable bonds is 3. The SMILES string of the molecule is O=C1CNCCN1Cc1ccc(CO)cc1. The van der Waals surface area contributed by atoms with Gasteiger partial charge in [-0.2, -0.15) is 0 Å². The summed E-state index contributed by atoms with van der Waals surface area (Å²) in [5.41, 5.74) is 2.00. The Labute approximate surface area is 94.9 Å². The Hall–Kier alpha value is -1.39. The molecule has 4 nitrogen and oxygen atoms in total. The van der Waals surface area contributed by atoms with Gasteiger partial charge in [0.15, 0.2) is 0 Å². The van der Waals surface area contributed by atoms with Crippen LogP contribution in [0.4, 0.5) is 0 Å². The van der Waals surface area contributed by atoms with Crippen molar-refractivity contribution < 1.29 is 9.90 Å². The normalized spacial score (nSPS) is 16.6. The van der Waals surface area contributed by atoms with Crippen molar-refractivity contribution in [2.45, 2.75) is 13.2 Å². The summed E-state index contributed by atoms with van der Waals surface area (Å²) in [5, 5.41) is 12.0. The van der Waals surface area contributed by atoms with Gasteiger partial charge in [-0.25, -0.2) is 0 Å². The van der Waals surface area contributed by atoms with Crippen molar-refractivity contribution in [3.63, 3.8) is 0 Å². The molecule has 1 fully saturated rings. The summed E-state index contributed by atoms with van der Waals surface area (Å²) in [7, 11) is 0. The summed E-state index contributed by atoms with van der Waals surface area (Å²) in [6.07, 6.45) is 0. The molecule has 1 aromatic carbocycles. The first-order valence-electron chi connectivity index (χ1n) is 5.47. The van der Waals surface area contributed by atoms with Gasteiger partial charge in [-0.15, -0.1) is 0 Å². The lowest BCUT2D eigenvalue weighted by atomic mass is 10.1. The Bertz CT molecular complexity index is 362. The van der Waals surface area contributed by atoms with Gasteiger partial charge < -0.3 is 15.3 Å². The average molecular weight is 220 g/mol. The molecule has 86 valence electrons. The highest BCUT2D eigenvalue weighted by atomic mass is 16.3. The summed E-state index contributed by atoms with van der Waals surface area (Å²) in [6, 6.07) is 7.70. The summed E-state index contributed by atoms with van der Waals surface area (Å²) in [6.45, 7) is 2.79. The van der Waals surface area contributed by atoms with E-state index in [-0.39, 0.29) is 12.5 Å². The van der Waals surface area contributed by atoms with Crippen LogP contribution in [0.15, 0.2) is 24.3 Å². The minimum absolute atomic E-state index is 0.0623. The predicted molar refractivity (Wildman–Crippen MR) is 60.7 cm³/mol. The summed E-state index contributed by atoms with van der Waals surface area (Å²) >= 11 is 0. The van der Waals surface area contributed by atoms with Gasteiger partial charge in [-0.3, -0.25) is 4.79 Å². The Morgan fingerprint density at radius 1 is 1.25 bits per heavy atom. The second-order valence-corrected chi connectivity index (χ2v) is 3.97. The largest absolute Gasteiger partial charge is 0.392 e. The molecule has 0 saturated carbocycles. The fourth-order valence-corrected chi connectivity index (χ4v) is 1.78. The fourth-order valence-electron chi connectivity index (χ4n) is 1.78. The molecule has 0 unspecified atom stereocenters. The minimum atomic E-state index is 0.0623. The second-order valence-electron chi connectivity index (χ2n) is 3.97. The molecule has 1 aliphatic heterocycles. The number of nitrogens with one attached hydrogen (secondary N) is 1. The molecule has 2 N–H and O–H groups in total. The lowest BCUT2D eigenvalue weighted by Crippen LogP contribution is -2.47. The molecule has 0 spiro atoms. The zero-order valence-electron chi connectivity index (χ0n) is 9.15. The van der Waals surface area contributed by atoms with Gasteiger partial charge in [-0.1, -0.05) is 24.3 Å². The van der Waals surface area contributed by atoms with E-state index in [0.29, 0.717) is 13.1 Å². The van der Waals surface area contributed by atoms with Crippen molar-refractivity contribution in [3.05, 3.63) is 35.4 Å². The number of amides is 1. The minimum Gasteiger partial charge on any atom is -0.392 e. The lowest BCUT2D eigenvalue weighted by molar-refractivity contribution is -0.132. The van der Waals surface area contributed by atoms with E-state index >= 15 is 0 Å². The topological polar surface area (TPSA) is 52.6 Å². The summed E-state index contributed by atoms with van der Waals surface area (Å²) in [5.74, 6) is 0.150. The van der Waals surface area contributed by atoms with Crippen molar-refractivity contribution >= 4 is 5.91 Å². The van der Waals surface area contributed by atoms with E-state index in [1.807, 2.05) is 29.2 Å². The van der Waals surface area contributed by atoms with Crippen molar-refractivity contribution in [2.75, 3.05) is 19.6 Å². The molecular formula is C12H16N2O2. The van der Waals surface area contributed by atoms with Crippen molar-refractivity contribution in [1.82, 2.24) is 10.2 Å². The van der Waals surface area contributed by atoms with Crippen LogP contribution in [-0.4, -0.2) is 35.5 Å². The zero-order chi connectivity index (χ0) is 11.4. The lowest BCUT2D eigenvalue weighted by Gasteiger charge is -2.27. The molecule has 4 heteroatoms. The molecule has 0 radical (unpaired) electrons. The van der Waals surface area contributed by atoms with Gasteiger partial charge >= 0.3 is 0 Å². The van der Waals surface area contributed by atoms with Gasteiger partial charge in [0.1, 0.15) is 0 Å². The van der Waals surface area contributed by atoms with Gasteiger partial charge in [0.25, 0.3) is 0 Å². The van der Waals surface area contributed by atoms with E-state index in [2.05, 4.69) is 5.32 Å². The summed E-state index contributed by atoms with van der Waals surface area (Å²) in [4.78, 5) is 13.4. The number of aliphatic hydroxyl groups is 1. The van der Waals surface area contributed by atoms with Crippen molar-refractivity contribution in [2.24, 2.45) is 0 Å². The van der Waals surface area contributed by atoms with E-state index in [4.69, 9.17) is 5.11 Å². The number of carbonyl (C=O) groups is 1. The number of hydrogen-bond donors (Lipinski definition) is 2.